The number of aryl methyl sites for hydroxylation is 1. The summed E-state index contributed by atoms with van der Waals surface area (Å²) in [6.45, 7) is 2.58. The molecule has 0 spiro atoms. The number of nitrogens with zero attached hydrogens (tertiary/aromatic N) is 3. The molecule has 1 unspecified atom stereocenters. The van der Waals surface area contributed by atoms with Crippen LogP contribution in [0.4, 0.5) is 0 Å². The Morgan fingerprint density at radius 2 is 2.16 bits per heavy atom. The van der Waals surface area contributed by atoms with Gasteiger partial charge in [0.25, 0.3) is 0 Å². The molecule has 0 aliphatic heterocycles. The molecule has 2 rings (SSSR count). The molecule has 2 heterocycles. The highest BCUT2D eigenvalue weighted by atomic mass is 16.5. The SMILES string of the molecule is CCn1ncc(OC)c1C(O)c1cccnc1OC. The summed E-state index contributed by atoms with van der Waals surface area (Å²) in [6.07, 6.45) is 2.30. The fraction of sp³-hybridized carbons (Fsp3) is 0.385. The summed E-state index contributed by atoms with van der Waals surface area (Å²) in [5, 5.41) is 14.7. The van der Waals surface area contributed by atoms with E-state index < -0.39 is 6.10 Å². The second kappa shape index (κ2) is 5.71. The van der Waals surface area contributed by atoms with Crippen molar-refractivity contribution in [2.24, 2.45) is 0 Å². The molecule has 0 aliphatic carbocycles. The van der Waals surface area contributed by atoms with Gasteiger partial charge in [-0.05, 0) is 19.1 Å². The number of methoxy groups -OCH3 is 2. The lowest BCUT2D eigenvalue weighted by Gasteiger charge is -2.16. The molecule has 0 radical (unpaired) electrons. The highest BCUT2D eigenvalue weighted by Gasteiger charge is 2.24. The summed E-state index contributed by atoms with van der Waals surface area (Å²) >= 11 is 0. The van der Waals surface area contributed by atoms with E-state index in [2.05, 4.69) is 10.1 Å². The lowest BCUT2D eigenvalue weighted by molar-refractivity contribution is 0.196. The first kappa shape index (κ1) is 13.4. The Kier molecular flexibility index (Phi) is 4.01. The van der Waals surface area contributed by atoms with Gasteiger partial charge in [-0.2, -0.15) is 5.10 Å². The summed E-state index contributed by atoms with van der Waals surface area (Å²) < 4.78 is 12.1. The van der Waals surface area contributed by atoms with Gasteiger partial charge in [-0.1, -0.05) is 0 Å². The van der Waals surface area contributed by atoms with Crippen molar-refractivity contribution in [3.8, 4) is 11.6 Å². The number of pyridine rings is 1. The van der Waals surface area contributed by atoms with Crippen LogP contribution in [0.1, 0.15) is 24.3 Å². The van der Waals surface area contributed by atoms with Gasteiger partial charge in [-0.3, -0.25) is 4.68 Å². The van der Waals surface area contributed by atoms with Gasteiger partial charge < -0.3 is 14.6 Å². The van der Waals surface area contributed by atoms with Gasteiger partial charge >= 0.3 is 0 Å². The lowest BCUT2D eigenvalue weighted by atomic mass is 10.1. The zero-order valence-corrected chi connectivity index (χ0v) is 11.2. The molecule has 0 amide bonds. The Bertz CT molecular complexity index is 532. The molecule has 102 valence electrons. The second-order valence-corrected chi connectivity index (χ2v) is 3.92. The van der Waals surface area contributed by atoms with E-state index in [1.807, 2.05) is 6.92 Å². The molecule has 19 heavy (non-hydrogen) atoms. The highest BCUT2D eigenvalue weighted by Crippen LogP contribution is 2.33. The summed E-state index contributed by atoms with van der Waals surface area (Å²) in [5.41, 5.74) is 1.18. The van der Waals surface area contributed by atoms with Crippen molar-refractivity contribution in [2.45, 2.75) is 19.6 Å². The van der Waals surface area contributed by atoms with Crippen LogP contribution in [0, 0.1) is 0 Å². The zero-order chi connectivity index (χ0) is 13.8. The maximum atomic E-state index is 10.6. The molecule has 0 aliphatic rings. The van der Waals surface area contributed by atoms with Gasteiger partial charge in [0.1, 0.15) is 11.8 Å². The fourth-order valence-corrected chi connectivity index (χ4v) is 1.99. The molecule has 6 heteroatoms. The van der Waals surface area contributed by atoms with Crippen molar-refractivity contribution < 1.29 is 14.6 Å². The Balaban J connectivity index is 2.49. The number of aromatic nitrogens is 3. The van der Waals surface area contributed by atoms with E-state index in [9.17, 15) is 5.11 Å². The van der Waals surface area contributed by atoms with E-state index in [-0.39, 0.29) is 0 Å². The fourth-order valence-electron chi connectivity index (χ4n) is 1.99. The smallest absolute Gasteiger partial charge is 0.219 e. The third kappa shape index (κ3) is 2.39. The van der Waals surface area contributed by atoms with Crippen molar-refractivity contribution >= 4 is 0 Å². The number of rotatable bonds is 5. The standard InChI is InChI=1S/C13H17N3O3/c1-4-16-11(10(18-2)8-15-16)12(17)9-6-5-7-14-13(9)19-3/h5-8,12,17H,4H2,1-3H3. The summed E-state index contributed by atoms with van der Waals surface area (Å²) in [6, 6.07) is 3.52. The largest absolute Gasteiger partial charge is 0.493 e. The van der Waals surface area contributed by atoms with Crippen LogP contribution in [-0.2, 0) is 6.54 Å². The first-order chi connectivity index (χ1) is 9.22. The molecule has 2 aromatic heterocycles. The van der Waals surface area contributed by atoms with Gasteiger partial charge in [-0.25, -0.2) is 4.98 Å². The lowest BCUT2D eigenvalue weighted by Crippen LogP contribution is -2.11. The van der Waals surface area contributed by atoms with Gasteiger partial charge in [0.2, 0.25) is 5.88 Å². The van der Waals surface area contributed by atoms with E-state index in [0.717, 1.165) is 0 Å². The molecule has 0 fully saturated rings. The highest BCUT2D eigenvalue weighted by molar-refractivity contribution is 5.38. The maximum Gasteiger partial charge on any atom is 0.219 e. The van der Waals surface area contributed by atoms with E-state index in [0.29, 0.717) is 29.4 Å². The maximum absolute atomic E-state index is 10.6. The number of aliphatic hydroxyl groups excluding tert-OH is 1. The topological polar surface area (TPSA) is 69.4 Å². The molecule has 1 N–H and O–H groups in total. The normalized spacial score (nSPS) is 12.2. The molecular weight excluding hydrogens is 246 g/mol. The molecule has 1 atom stereocenters. The average molecular weight is 263 g/mol. The van der Waals surface area contributed by atoms with Crippen LogP contribution in [-0.4, -0.2) is 34.1 Å². The summed E-state index contributed by atoms with van der Waals surface area (Å²) in [7, 11) is 3.07. The van der Waals surface area contributed by atoms with Crippen LogP contribution >= 0.6 is 0 Å². The van der Waals surface area contributed by atoms with E-state index >= 15 is 0 Å². The van der Waals surface area contributed by atoms with Crippen LogP contribution in [0.3, 0.4) is 0 Å². The number of aliphatic hydroxyl groups is 1. The molecular formula is C13H17N3O3. The Labute approximate surface area is 111 Å². The number of hydrogen-bond donors (Lipinski definition) is 1. The first-order valence-electron chi connectivity index (χ1n) is 5.99. The van der Waals surface area contributed by atoms with Crippen LogP contribution in [0.5, 0.6) is 11.6 Å². The predicted octanol–water partition coefficient (Wildman–Crippen LogP) is 1.40. The Hall–Kier alpha value is -2.08. The van der Waals surface area contributed by atoms with Crippen LogP contribution in [0.15, 0.2) is 24.5 Å². The quantitative estimate of drug-likeness (QED) is 0.883. The second-order valence-electron chi connectivity index (χ2n) is 3.92. The van der Waals surface area contributed by atoms with Crippen molar-refractivity contribution in [2.75, 3.05) is 14.2 Å². The van der Waals surface area contributed by atoms with Crippen molar-refractivity contribution in [3.05, 3.63) is 35.8 Å². The Morgan fingerprint density at radius 1 is 1.37 bits per heavy atom. The third-order valence-electron chi connectivity index (χ3n) is 2.91. The molecule has 0 aromatic carbocycles. The van der Waals surface area contributed by atoms with Crippen molar-refractivity contribution in [1.29, 1.82) is 0 Å². The minimum Gasteiger partial charge on any atom is -0.493 e. The minimum atomic E-state index is -0.902. The summed E-state index contributed by atoms with van der Waals surface area (Å²) in [4.78, 5) is 4.09. The van der Waals surface area contributed by atoms with E-state index in [4.69, 9.17) is 9.47 Å². The van der Waals surface area contributed by atoms with Crippen LogP contribution < -0.4 is 9.47 Å². The Morgan fingerprint density at radius 3 is 2.79 bits per heavy atom. The van der Waals surface area contributed by atoms with Crippen molar-refractivity contribution in [3.63, 3.8) is 0 Å². The molecule has 0 saturated carbocycles. The van der Waals surface area contributed by atoms with Crippen molar-refractivity contribution in [1.82, 2.24) is 14.8 Å². The van der Waals surface area contributed by atoms with Crippen LogP contribution in [0.2, 0.25) is 0 Å². The average Bonchev–Trinajstić information content (AvgIpc) is 2.89. The predicted molar refractivity (Wildman–Crippen MR) is 69.3 cm³/mol. The van der Waals surface area contributed by atoms with Gasteiger partial charge in [0, 0.05) is 18.3 Å². The first-order valence-corrected chi connectivity index (χ1v) is 5.99. The zero-order valence-electron chi connectivity index (χ0n) is 11.2. The molecule has 0 bridgehead atoms. The minimum absolute atomic E-state index is 0.390. The van der Waals surface area contributed by atoms with Crippen LogP contribution in [0.25, 0.3) is 0 Å². The summed E-state index contributed by atoms with van der Waals surface area (Å²) in [5.74, 6) is 0.932. The van der Waals surface area contributed by atoms with Gasteiger partial charge in [0.05, 0.1) is 20.4 Å². The molecule has 2 aromatic rings. The number of hydrogen-bond acceptors (Lipinski definition) is 5. The van der Waals surface area contributed by atoms with E-state index in [1.54, 1.807) is 36.3 Å². The monoisotopic (exact) mass is 263 g/mol. The van der Waals surface area contributed by atoms with E-state index in [1.165, 1.54) is 7.11 Å². The molecule has 6 nitrogen and oxygen atoms in total. The third-order valence-corrected chi connectivity index (χ3v) is 2.91. The van der Waals surface area contributed by atoms with Gasteiger partial charge in [-0.15, -0.1) is 0 Å². The molecule has 0 saturated heterocycles. The number of ether oxygens (including phenoxy) is 2. The van der Waals surface area contributed by atoms with Gasteiger partial charge in [0.15, 0.2) is 5.75 Å².